The number of benzene rings is 2. The van der Waals surface area contributed by atoms with Gasteiger partial charge in [0.15, 0.2) is 0 Å². The highest BCUT2D eigenvalue weighted by Gasteiger charge is 2.15. The van der Waals surface area contributed by atoms with E-state index >= 15 is 0 Å². The smallest absolute Gasteiger partial charge is 0.339 e. The first-order chi connectivity index (χ1) is 9.72. The fourth-order valence-corrected chi connectivity index (χ4v) is 1.79. The molecular formula is C16H14O4. The predicted molar refractivity (Wildman–Crippen MR) is 75.5 cm³/mol. The molecule has 0 unspecified atom stereocenters. The van der Waals surface area contributed by atoms with Crippen LogP contribution in [0, 0.1) is 0 Å². The molecule has 0 atom stereocenters. The fourth-order valence-electron chi connectivity index (χ4n) is 1.79. The van der Waals surface area contributed by atoms with Gasteiger partial charge in [-0.15, -0.1) is 0 Å². The number of rotatable bonds is 5. The summed E-state index contributed by atoms with van der Waals surface area (Å²) in [5, 5.41) is 18.1. The van der Waals surface area contributed by atoms with Crippen LogP contribution in [-0.4, -0.2) is 16.2 Å². The Kier molecular flexibility index (Phi) is 4.39. The van der Waals surface area contributed by atoms with E-state index in [0.717, 1.165) is 5.56 Å². The van der Waals surface area contributed by atoms with Crippen molar-refractivity contribution in [2.75, 3.05) is 0 Å². The van der Waals surface area contributed by atoms with Gasteiger partial charge in [0, 0.05) is 5.56 Å². The summed E-state index contributed by atoms with van der Waals surface area (Å²) in [5.41, 5.74) is 1.12. The molecule has 2 aromatic rings. The summed E-state index contributed by atoms with van der Waals surface area (Å²) < 4.78 is 5.64. The quantitative estimate of drug-likeness (QED) is 0.646. The Morgan fingerprint density at radius 3 is 2.35 bits per heavy atom. The fraction of sp³-hybridized carbons (Fsp3) is 0.0625. The van der Waals surface area contributed by atoms with Crippen molar-refractivity contribution >= 4 is 11.5 Å². The molecule has 4 heteroatoms. The van der Waals surface area contributed by atoms with E-state index in [1.165, 1.54) is 0 Å². The van der Waals surface area contributed by atoms with Crippen LogP contribution in [0.1, 0.15) is 11.1 Å². The second-order valence-electron chi connectivity index (χ2n) is 4.12. The third-order valence-corrected chi connectivity index (χ3v) is 2.77. The lowest BCUT2D eigenvalue weighted by Gasteiger charge is -2.11. The number of para-hydroxylation sites is 1. The van der Waals surface area contributed by atoms with Crippen LogP contribution < -0.4 is 4.74 Å². The number of aliphatic carboxylic acids is 1. The minimum atomic E-state index is -1.21. The lowest BCUT2D eigenvalue weighted by molar-refractivity contribution is -0.130. The Hall–Kier alpha value is -2.75. The maximum absolute atomic E-state index is 11.1. The van der Waals surface area contributed by atoms with Crippen LogP contribution in [-0.2, 0) is 11.4 Å². The molecule has 2 rings (SSSR count). The Labute approximate surface area is 116 Å². The van der Waals surface area contributed by atoms with Crippen LogP contribution >= 0.6 is 0 Å². The number of carboxylic acids is 1. The van der Waals surface area contributed by atoms with Crippen molar-refractivity contribution in [3.8, 4) is 5.75 Å². The molecule has 0 spiro atoms. The van der Waals surface area contributed by atoms with Crippen molar-refractivity contribution in [2.45, 2.75) is 6.61 Å². The molecule has 2 N–H and O–H groups in total. The normalized spacial score (nSPS) is 11.1. The SMILES string of the molecule is O=C(O)C(=CO)c1ccccc1OCc1ccccc1. The van der Waals surface area contributed by atoms with E-state index in [1.807, 2.05) is 30.3 Å². The largest absolute Gasteiger partial charge is 0.515 e. The number of carboxylic acid groups (broad SMARTS) is 1. The summed E-state index contributed by atoms with van der Waals surface area (Å²) in [4.78, 5) is 11.1. The first-order valence-corrected chi connectivity index (χ1v) is 6.06. The molecule has 102 valence electrons. The van der Waals surface area contributed by atoms with Gasteiger partial charge in [-0.1, -0.05) is 48.5 Å². The second-order valence-corrected chi connectivity index (χ2v) is 4.12. The molecule has 4 nitrogen and oxygen atoms in total. The monoisotopic (exact) mass is 270 g/mol. The first-order valence-electron chi connectivity index (χ1n) is 6.06. The molecule has 0 heterocycles. The Morgan fingerprint density at radius 2 is 1.70 bits per heavy atom. The maximum atomic E-state index is 11.1. The van der Waals surface area contributed by atoms with Gasteiger partial charge < -0.3 is 14.9 Å². The zero-order valence-electron chi connectivity index (χ0n) is 10.7. The lowest BCUT2D eigenvalue weighted by Crippen LogP contribution is -2.03. The van der Waals surface area contributed by atoms with Gasteiger partial charge in [-0.2, -0.15) is 0 Å². The van der Waals surface area contributed by atoms with Gasteiger partial charge in [-0.25, -0.2) is 4.79 Å². The van der Waals surface area contributed by atoms with Gasteiger partial charge in [0.1, 0.15) is 17.9 Å². The van der Waals surface area contributed by atoms with Crippen molar-refractivity contribution in [3.63, 3.8) is 0 Å². The van der Waals surface area contributed by atoms with Gasteiger partial charge >= 0.3 is 5.97 Å². The molecular weight excluding hydrogens is 256 g/mol. The van der Waals surface area contributed by atoms with Gasteiger partial charge in [-0.05, 0) is 11.6 Å². The Bertz CT molecular complexity index is 617. The van der Waals surface area contributed by atoms with Crippen molar-refractivity contribution in [3.05, 3.63) is 72.0 Å². The topological polar surface area (TPSA) is 66.8 Å². The molecule has 2 aromatic carbocycles. The second kappa shape index (κ2) is 6.43. The van der Waals surface area contributed by atoms with Crippen LogP contribution in [0.2, 0.25) is 0 Å². The Balaban J connectivity index is 2.22. The first kappa shape index (κ1) is 13.7. The molecule has 0 amide bonds. The third kappa shape index (κ3) is 3.17. The van der Waals surface area contributed by atoms with E-state index < -0.39 is 5.97 Å². The van der Waals surface area contributed by atoms with E-state index in [1.54, 1.807) is 24.3 Å². The van der Waals surface area contributed by atoms with Crippen molar-refractivity contribution in [2.24, 2.45) is 0 Å². The predicted octanol–water partition coefficient (Wildman–Crippen LogP) is 3.25. The number of hydrogen-bond donors (Lipinski definition) is 2. The number of carbonyl (C=O) groups is 1. The van der Waals surface area contributed by atoms with E-state index in [2.05, 4.69) is 0 Å². The van der Waals surface area contributed by atoms with Crippen LogP contribution in [0.5, 0.6) is 5.75 Å². The molecule has 0 aliphatic carbocycles. The molecule has 0 radical (unpaired) electrons. The molecule has 0 aromatic heterocycles. The molecule has 0 saturated heterocycles. The molecule has 0 aliphatic heterocycles. The third-order valence-electron chi connectivity index (χ3n) is 2.77. The van der Waals surface area contributed by atoms with Gasteiger partial charge in [0.2, 0.25) is 0 Å². The number of aliphatic hydroxyl groups is 1. The molecule has 20 heavy (non-hydrogen) atoms. The van der Waals surface area contributed by atoms with E-state index in [0.29, 0.717) is 24.2 Å². The summed E-state index contributed by atoms with van der Waals surface area (Å²) in [7, 11) is 0. The number of aliphatic hydroxyl groups excluding tert-OH is 1. The van der Waals surface area contributed by atoms with Gasteiger partial charge in [0.05, 0.1) is 6.26 Å². The molecule has 0 fully saturated rings. The van der Waals surface area contributed by atoms with Crippen molar-refractivity contribution in [1.29, 1.82) is 0 Å². The van der Waals surface area contributed by atoms with E-state index in [4.69, 9.17) is 14.9 Å². The number of ether oxygens (including phenoxy) is 1. The highest BCUT2D eigenvalue weighted by molar-refractivity contribution is 6.15. The van der Waals surface area contributed by atoms with Crippen LogP contribution in [0.25, 0.3) is 5.57 Å². The summed E-state index contributed by atoms with van der Waals surface area (Å²) in [6, 6.07) is 16.3. The average molecular weight is 270 g/mol. The lowest BCUT2D eigenvalue weighted by atomic mass is 10.1. The van der Waals surface area contributed by atoms with Crippen molar-refractivity contribution < 1.29 is 19.7 Å². The molecule has 0 bridgehead atoms. The molecule has 0 saturated carbocycles. The number of hydrogen-bond acceptors (Lipinski definition) is 3. The average Bonchev–Trinajstić information content (AvgIpc) is 2.48. The van der Waals surface area contributed by atoms with Gasteiger partial charge in [-0.3, -0.25) is 0 Å². The summed E-state index contributed by atoms with van der Waals surface area (Å²) in [6.45, 7) is 0.330. The Morgan fingerprint density at radius 1 is 1.05 bits per heavy atom. The van der Waals surface area contributed by atoms with Gasteiger partial charge in [0.25, 0.3) is 0 Å². The van der Waals surface area contributed by atoms with Crippen molar-refractivity contribution in [1.82, 2.24) is 0 Å². The summed E-state index contributed by atoms with van der Waals surface area (Å²) >= 11 is 0. The summed E-state index contributed by atoms with van der Waals surface area (Å²) in [5.74, 6) is -0.790. The highest BCUT2D eigenvalue weighted by Crippen LogP contribution is 2.26. The molecule has 0 aliphatic rings. The standard InChI is InChI=1S/C16H14O4/c17-10-14(16(18)19)13-8-4-5-9-15(13)20-11-12-6-2-1-3-7-12/h1-10,17H,11H2,(H,18,19). The highest BCUT2D eigenvalue weighted by atomic mass is 16.5. The van der Waals surface area contributed by atoms with Crippen LogP contribution in [0.4, 0.5) is 0 Å². The van der Waals surface area contributed by atoms with E-state index in [-0.39, 0.29) is 5.57 Å². The minimum Gasteiger partial charge on any atom is -0.515 e. The maximum Gasteiger partial charge on any atom is 0.339 e. The summed E-state index contributed by atoms with van der Waals surface area (Å²) in [6.07, 6.45) is 0.576. The zero-order chi connectivity index (χ0) is 14.4. The zero-order valence-corrected chi connectivity index (χ0v) is 10.7. The van der Waals surface area contributed by atoms with Crippen LogP contribution in [0.3, 0.4) is 0 Å². The van der Waals surface area contributed by atoms with E-state index in [9.17, 15) is 4.79 Å². The van der Waals surface area contributed by atoms with Crippen LogP contribution in [0.15, 0.2) is 60.9 Å². The minimum absolute atomic E-state index is 0.200.